The molecule has 0 saturated carbocycles. The van der Waals surface area contributed by atoms with Crippen LogP contribution in [0.15, 0.2) is 30.7 Å². The van der Waals surface area contributed by atoms with Crippen molar-refractivity contribution in [3.63, 3.8) is 0 Å². The first kappa shape index (κ1) is 11.5. The zero-order chi connectivity index (χ0) is 12.4. The van der Waals surface area contributed by atoms with Crippen molar-refractivity contribution in [3.05, 3.63) is 59.4 Å². The lowest BCUT2D eigenvalue weighted by atomic mass is 10.1. The Labute approximate surface area is 94.6 Å². The molecule has 0 aliphatic heterocycles. The molecule has 88 valence electrons. The number of nitrogens with zero attached hydrogens (tertiary/aromatic N) is 2. The summed E-state index contributed by atoms with van der Waals surface area (Å²) in [5.41, 5.74) is -0.000178. The van der Waals surface area contributed by atoms with Crippen molar-refractivity contribution in [2.24, 2.45) is 0 Å². The largest absolute Gasteiger partial charge is 0.382 e. The van der Waals surface area contributed by atoms with Crippen molar-refractivity contribution in [2.75, 3.05) is 0 Å². The van der Waals surface area contributed by atoms with Crippen LogP contribution < -0.4 is 0 Å². The highest BCUT2D eigenvalue weighted by atomic mass is 19.2. The molecule has 1 atom stereocenters. The van der Waals surface area contributed by atoms with Gasteiger partial charge in [-0.05, 0) is 17.7 Å². The molecule has 0 saturated heterocycles. The van der Waals surface area contributed by atoms with Gasteiger partial charge in [0.1, 0.15) is 6.10 Å². The molecule has 0 aliphatic carbocycles. The minimum atomic E-state index is -1.57. The van der Waals surface area contributed by atoms with E-state index in [9.17, 15) is 18.3 Å². The number of aliphatic hydroxyl groups is 1. The van der Waals surface area contributed by atoms with Crippen LogP contribution in [0.2, 0.25) is 0 Å². The number of aliphatic hydroxyl groups excluding tert-OH is 1. The Kier molecular flexibility index (Phi) is 3.06. The van der Waals surface area contributed by atoms with Crippen molar-refractivity contribution in [1.29, 1.82) is 0 Å². The van der Waals surface area contributed by atoms with Crippen LogP contribution >= 0.6 is 0 Å². The molecule has 0 bridgehead atoms. The molecule has 0 radical (unpaired) electrons. The van der Waals surface area contributed by atoms with Gasteiger partial charge < -0.3 is 5.11 Å². The topological polar surface area (TPSA) is 46.0 Å². The maximum atomic E-state index is 13.0. The van der Waals surface area contributed by atoms with Crippen molar-refractivity contribution in [2.45, 2.75) is 6.10 Å². The summed E-state index contributed by atoms with van der Waals surface area (Å²) < 4.78 is 38.6. The standard InChI is InChI=1S/C11H7F3N2O/c12-7-3-6(4-8(13)10(7)14)11(17)9-5-15-1-2-16-9/h1-5,11,17H. The summed E-state index contributed by atoms with van der Waals surface area (Å²) in [6.45, 7) is 0. The maximum Gasteiger partial charge on any atom is 0.194 e. The fourth-order valence-electron chi connectivity index (χ4n) is 1.36. The first-order chi connectivity index (χ1) is 8.09. The second-order valence-corrected chi connectivity index (χ2v) is 3.33. The Morgan fingerprint density at radius 1 is 1.06 bits per heavy atom. The molecule has 0 amide bonds. The first-order valence-electron chi connectivity index (χ1n) is 4.68. The predicted molar refractivity (Wildman–Crippen MR) is 52.4 cm³/mol. The van der Waals surface area contributed by atoms with E-state index in [2.05, 4.69) is 9.97 Å². The van der Waals surface area contributed by atoms with Crippen LogP contribution in [0.3, 0.4) is 0 Å². The lowest BCUT2D eigenvalue weighted by molar-refractivity contribution is 0.213. The third-order valence-corrected chi connectivity index (χ3v) is 2.19. The third kappa shape index (κ3) is 2.26. The quantitative estimate of drug-likeness (QED) is 0.816. The van der Waals surface area contributed by atoms with E-state index in [4.69, 9.17) is 0 Å². The van der Waals surface area contributed by atoms with Crippen LogP contribution in [0.5, 0.6) is 0 Å². The van der Waals surface area contributed by atoms with Gasteiger partial charge in [0, 0.05) is 12.4 Å². The van der Waals surface area contributed by atoms with E-state index in [1.807, 2.05) is 0 Å². The highest BCUT2D eigenvalue weighted by molar-refractivity contribution is 5.26. The van der Waals surface area contributed by atoms with Gasteiger partial charge in [0.2, 0.25) is 0 Å². The zero-order valence-electron chi connectivity index (χ0n) is 8.44. The SMILES string of the molecule is OC(c1cc(F)c(F)c(F)c1)c1cnccn1. The third-order valence-electron chi connectivity index (χ3n) is 2.19. The summed E-state index contributed by atoms with van der Waals surface area (Å²) >= 11 is 0. The van der Waals surface area contributed by atoms with Gasteiger partial charge >= 0.3 is 0 Å². The summed E-state index contributed by atoms with van der Waals surface area (Å²) in [5.74, 6) is -4.29. The fourth-order valence-corrected chi connectivity index (χ4v) is 1.36. The molecule has 1 unspecified atom stereocenters. The molecule has 1 aromatic carbocycles. The predicted octanol–water partition coefficient (Wildman–Crippen LogP) is 1.98. The Morgan fingerprint density at radius 3 is 2.24 bits per heavy atom. The van der Waals surface area contributed by atoms with Gasteiger partial charge in [0.25, 0.3) is 0 Å². The summed E-state index contributed by atoms with van der Waals surface area (Å²) in [6, 6.07) is 1.44. The Bertz CT molecular complexity index is 510. The van der Waals surface area contributed by atoms with Crippen LogP contribution in [0.4, 0.5) is 13.2 Å². The van der Waals surface area contributed by atoms with Gasteiger partial charge in [-0.25, -0.2) is 13.2 Å². The molecule has 3 nitrogen and oxygen atoms in total. The summed E-state index contributed by atoms with van der Waals surface area (Å²) in [7, 11) is 0. The normalized spacial score (nSPS) is 12.5. The van der Waals surface area contributed by atoms with Gasteiger partial charge in [-0.1, -0.05) is 0 Å². The van der Waals surface area contributed by atoms with Gasteiger partial charge in [-0.3, -0.25) is 9.97 Å². The molecule has 0 aliphatic rings. The fraction of sp³-hybridized carbons (Fsp3) is 0.0909. The van der Waals surface area contributed by atoms with Crippen LogP contribution in [0.25, 0.3) is 0 Å². The Balaban J connectivity index is 2.41. The molecule has 1 heterocycles. The number of benzene rings is 1. The lowest BCUT2D eigenvalue weighted by Crippen LogP contribution is -2.05. The number of aromatic nitrogens is 2. The number of halogens is 3. The van der Waals surface area contributed by atoms with E-state index in [1.165, 1.54) is 18.6 Å². The molecule has 2 rings (SSSR count). The molecular formula is C11H7F3N2O. The first-order valence-corrected chi connectivity index (χ1v) is 4.68. The number of hydrogen-bond acceptors (Lipinski definition) is 3. The minimum Gasteiger partial charge on any atom is -0.382 e. The highest BCUT2D eigenvalue weighted by Gasteiger charge is 2.17. The maximum absolute atomic E-state index is 13.0. The average molecular weight is 240 g/mol. The second kappa shape index (κ2) is 4.50. The van der Waals surface area contributed by atoms with E-state index in [1.54, 1.807) is 0 Å². The van der Waals surface area contributed by atoms with Crippen LogP contribution in [-0.2, 0) is 0 Å². The van der Waals surface area contributed by atoms with Crippen LogP contribution in [0.1, 0.15) is 17.4 Å². The van der Waals surface area contributed by atoms with Crippen molar-refractivity contribution < 1.29 is 18.3 Å². The summed E-state index contributed by atoms with van der Waals surface area (Å²) in [4.78, 5) is 7.50. The molecule has 17 heavy (non-hydrogen) atoms. The molecule has 0 fully saturated rings. The van der Waals surface area contributed by atoms with Gasteiger partial charge in [-0.2, -0.15) is 0 Å². The van der Waals surface area contributed by atoms with Crippen molar-refractivity contribution in [3.8, 4) is 0 Å². The molecule has 6 heteroatoms. The van der Waals surface area contributed by atoms with Crippen LogP contribution in [-0.4, -0.2) is 15.1 Å². The average Bonchev–Trinajstić information content (AvgIpc) is 2.35. The van der Waals surface area contributed by atoms with E-state index in [0.29, 0.717) is 0 Å². The van der Waals surface area contributed by atoms with Crippen LogP contribution in [0, 0.1) is 17.5 Å². The lowest BCUT2D eigenvalue weighted by Gasteiger charge is -2.10. The minimum absolute atomic E-state index is 0.123. The monoisotopic (exact) mass is 240 g/mol. The zero-order valence-corrected chi connectivity index (χ0v) is 8.44. The smallest absolute Gasteiger partial charge is 0.194 e. The molecular weight excluding hydrogens is 233 g/mol. The Morgan fingerprint density at radius 2 is 1.71 bits per heavy atom. The van der Waals surface area contributed by atoms with E-state index in [-0.39, 0.29) is 11.3 Å². The number of hydrogen-bond donors (Lipinski definition) is 1. The van der Waals surface area contributed by atoms with Crippen molar-refractivity contribution in [1.82, 2.24) is 9.97 Å². The van der Waals surface area contributed by atoms with E-state index < -0.39 is 23.6 Å². The summed E-state index contributed by atoms with van der Waals surface area (Å²) in [6.07, 6.45) is 2.62. The van der Waals surface area contributed by atoms with Gasteiger partial charge in [0.05, 0.1) is 11.9 Å². The van der Waals surface area contributed by atoms with E-state index in [0.717, 1.165) is 12.1 Å². The van der Waals surface area contributed by atoms with E-state index >= 15 is 0 Å². The number of rotatable bonds is 2. The van der Waals surface area contributed by atoms with Crippen molar-refractivity contribution >= 4 is 0 Å². The molecule has 2 aromatic rings. The molecule has 1 N–H and O–H groups in total. The summed E-state index contributed by atoms with van der Waals surface area (Å²) in [5, 5.41) is 9.77. The molecule has 0 spiro atoms. The van der Waals surface area contributed by atoms with Gasteiger partial charge in [0.15, 0.2) is 17.5 Å². The second-order valence-electron chi connectivity index (χ2n) is 3.33. The van der Waals surface area contributed by atoms with Gasteiger partial charge in [-0.15, -0.1) is 0 Å². The highest BCUT2D eigenvalue weighted by Crippen LogP contribution is 2.23. The Hall–Kier alpha value is -1.95. The molecule has 1 aromatic heterocycles.